The van der Waals surface area contributed by atoms with Crippen molar-refractivity contribution in [3.63, 3.8) is 0 Å². The van der Waals surface area contributed by atoms with E-state index in [2.05, 4.69) is 27.1 Å². The van der Waals surface area contributed by atoms with Crippen LogP contribution in [0.15, 0.2) is 30.5 Å². The predicted octanol–water partition coefficient (Wildman–Crippen LogP) is 1.16. The van der Waals surface area contributed by atoms with Gasteiger partial charge in [-0.3, -0.25) is 9.59 Å². The molecule has 0 bridgehead atoms. The van der Waals surface area contributed by atoms with Crippen LogP contribution < -0.4 is 11.1 Å². The molecular formula is C20H18F3N5O3. The molecule has 31 heavy (non-hydrogen) atoms. The summed E-state index contributed by atoms with van der Waals surface area (Å²) in [5, 5.41) is 12.4. The number of aliphatic hydroxyl groups is 1. The number of carbonyl (C=O) groups is 2. The maximum Gasteiger partial charge on any atom is 0.405 e. The van der Waals surface area contributed by atoms with Crippen molar-refractivity contribution in [2.75, 3.05) is 25.5 Å². The Labute approximate surface area is 175 Å². The summed E-state index contributed by atoms with van der Waals surface area (Å²) >= 11 is 0. The van der Waals surface area contributed by atoms with Gasteiger partial charge in [-0.15, -0.1) is 0 Å². The lowest BCUT2D eigenvalue weighted by molar-refractivity contribution is -0.137. The minimum Gasteiger partial charge on any atom is -0.373 e. The molecule has 0 radical (unpaired) electrons. The van der Waals surface area contributed by atoms with E-state index in [1.807, 2.05) is 0 Å². The summed E-state index contributed by atoms with van der Waals surface area (Å²) in [7, 11) is 1.57. The van der Waals surface area contributed by atoms with Crippen molar-refractivity contribution in [1.82, 2.24) is 14.9 Å². The van der Waals surface area contributed by atoms with Crippen LogP contribution in [0.5, 0.6) is 0 Å². The molecular weight excluding hydrogens is 415 g/mol. The zero-order valence-electron chi connectivity index (χ0n) is 16.3. The van der Waals surface area contributed by atoms with E-state index in [1.165, 1.54) is 4.90 Å². The third-order valence-electron chi connectivity index (χ3n) is 4.55. The van der Waals surface area contributed by atoms with Crippen LogP contribution in [0.1, 0.15) is 22.5 Å². The molecule has 2 amide bonds. The first-order chi connectivity index (χ1) is 14.5. The maximum atomic E-state index is 12.4. The molecule has 1 atom stereocenters. The fraction of sp³-hybridized carbons (Fsp3) is 0.300. The van der Waals surface area contributed by atoms with E-state index in [1.54, 1.807) is 31.3 Å². The van der Waals surface area contributed by atoms with Crippen molar-refractivity contribution in [3.8, 4) is 23.2 Å². The number of aromatic nitrogens is 2. The topological polar surface area (TPSA) is 121 Å². The number of nitrogens with zero attached hydrogens (tertiary/aromatic N) is 3. The average Bonchev–Trinajstić information content (AvgIpc) is 2.98. The molecule has 8 nitrogen and oxygen atoms in total. The van der Waals surface area contributed by atoms with Crippen molar-refractivity contribution >= 4 is 17.5 Å². The van der Waals surface area contributed by atoms with Crippen LogP contribution in [0, 0.1) is 11.8 Å². The predicted molar refractivity (Wildman–Crippen MR) is 105 cm³/mol. The molecule has 11 heteroatoms. The number of anilines is 1. The molecule has 162 valence electrons. The lowest BCUT2D eigenvalue weighted by Crippen LogP contribution is -2.37. The van der Waals surface area contributed by atoms with Crippen molar-refractivity contribution in [3.05, 3.63) is 41.7 Å². The molecule has 4 N–H and O–H groups in total. The molecule has 3 rings (SSSR count). The molecule has 1 saturated heterocycles. The van der Waals surface area contributed by atoms with Crippen molar-refractivity contribution in [2.24, 2.45) is 5.73 Å². The first-order valence-electron chi connectivity index (χ1n) is 9.07. The van der Waals surface area contributed by atoms with Crippen LogP contribution in [0.3, 0.4) is 0 Å². The normalized spacial score (nSPS) is 18.5. The van der Waals surface area contributed by atoms with Gasteiger partial charge >= 0.3 is 6.18 Å². The first kappa shape index (κ1) is 22.0. The summed E-state index contributed by atoms with van der Waals surface area (Å²) in [5.41, 5.74) is 3.72. The lowest BCUT2D eigenvalue weighted by atomic mass is 10.0. The molecule has 1 aromatic carbocycles. The second-order valence-corrected chi connectivity index (χ2v) is 6.96. The summed E-state index contributed by atoms with van der Waals surface area (Å²) in [6.45, 7) is -0.986. The van der Waals surface area contributed by atoms with Crippen LogP contribution in [0.4, 0.5) is 18.9 Å². The Bertz CT molecular complexity index is 1090. The zero-order chi connectivity index (χ0) is 22.8. The number of amides is 2. The molecule has 1 aromatic heterocycles. The number of nitrogens with two attached hydrogens (primary N) is 1. The summed E-state index contributed by atoms with van der Waals surface area (Å²) < 4.78 is 37.3. The minimum absolute atomic E-state index is 0.0467. The molecule has 0 saturated carbocycles. The summed E-state index contributed by atoms with van der Waals surface area (Å²) in [6.07, 6.45) is -3.27. The maximum absolute atomic E-state index is 12.4. The molecule has 2 aromatic rings. The number of hydrogen-bond donors (Lipinski definition) is 3. The molecule has 1 unspecified atom stereocenters. The summed E-state index contributed by atoms with van der Waals surface area (Å²) in [6, 6.07) is 6.42. The number of benzene rings is 1. The van der Waals surface area contributed by atoms with Crippen molar-refractivity contribution < 1.29 is 27.9 Å². The Morgan fingerprint density at radius 1 is 1.42 bits per heavy atom. The fourth-order valence-electron chi connectivity index (χ4n) is 2.91. The highest BCUT2D eigenvalue weighted by Gasteiger charge is 2.42. The average molecular weight is 433 g/mol. The largest absolute Gasteiger partial charge is 0.405 e. The van der Waals surface area contributed by atoms with Gasteiger partial charge in [0.05, 0.1) is 11.9 Å². The van der Waals surface area contributed by atoms with Crippen molar-refractivity contribution in [2.45, 2.75) is 18.2 Å². The van der Waals surface area contributed by atoms with Gasteiger partial charge in [0.15, 0.2) is 11.5 Å². The van der Waals surface area contributed by atoms with E-state index in [9.17, 15) is 27.9 Å². The highest BCUT2D eigenvalue weighted by molar-refractivity contribution is 5.96. The number of likely N-dealkylation sites (tertiary alicyclic amines) is 1. The van der Waals surface area contributed by atoms with Crippen LogP contribution in [0.25, 0.3) is 11.4 Å². The molecule has 1 fully saturated rings. The molecule has 0 aliphatic carbocycles. The lowest BCUT2D eigenvalue weighted by Gasteiger charge is -2.13. The van der Waals surface area contributed by atoms with Crippen LogP contribution >= 0.6 is 0 Å². The van der Waals surface area contributed by atoms with Crippen LogP contribution in [-0.4, -0.2) is 63.7 Å². The standard InChI is InChI=1S/C20H18F3N5O3/c1-28-8-7-19(31,18(28)30)6-5-12-3-2-4-13(9-12)17-25-10-14(15(27-17)16(24)29)26-11-20(21,22)23/h2-4,9-10,26,31H,7-8,11H2,1H3,(H2,24,29). The monoisotopic (exact) mass is 433 g/mol. The van der Waals surface area contributed by atoms with E-state index in [0.717, 1.165) is 6.20 Å². The Balaban J connectivity index is 1.89. The van der Waals surface area contributed by atoms with E-state index in [-0.39, 0.29) is 23.6 Å². The number of hydrogen-bond acceptors (Lipinski definition) is 6. The fourth-order valence-corrected chi connectivity index (χ4v) is 2.91. The Kier molecular flexibility index (Phi) is 5.85. The Hall–Kier alpha value is -3.65. The highest BCUT2D eigenvalue weighted by atomic mass is 19.4. The van der Waals surface area contributed by atoms with Gasteiger partial charge in [0, 0.05) is 31.1 Å². The van der Waals surface area contributed by atoms with Gasteiger partial charge in [0.2, 0.25) is 5.60 Å². The van der Waals surface area contributed by atoms with Gasteiger partial charge in [-0.2, -0.15) is 13.2 Å². The Morgan fingerprint density at radius 3 is 2.77 bits per heavy atom. The molecule has 1 aliphatic rings. The van der Waals surface area contributed by atoms with E-state index in [0.29, 0.717) is 17.7 Å². The quantitative estimate of drug-likeness (QED) is 0.623. The third kappa shape index (κ3) is 5.10. The molecule has 0 spiro atoms. The van der Waals surface area contributed by atoms with Gasteiger partial charge in [0.1, 0.15) is 6.54 Å². The van der Waals surface area contributed by atoms with Gasteiger partial charge in [0.25, 0.3) is 11.8 Å². The number of likely N-dealkylation sites (N-methyl/N-ethyl adjacent to an activating group) is 1. The second kappa shape index (κ2) is 8.23. The smallest absolute Gasteiger partial charge is 0.373 e. The summed E-state index contributed by atoms with van der Waals surface area (Å²) in [4.78, 5) is 33.1. The highest BCUT2D eigenvalue weighted by Crippen LogP contribution is 2.23. The van der Waals surface area contributed by atoms with Gasteiger partial charge < -0.3 is 21.1 Å². The number of primary amides is 1. The number of nitrogens with one attached hydrogen (secondary N) is 1. The minimum atomic E-state index is -4.50. The van der Waals surface area contributed by atoms with Gasteiger partial charge in [-0.1, -0.05) is 24.0 Å². The number of rotatable bonds is 4. The third-order valence-corrected chi connectivity index (χ3v) is 4.55. The zero-order valence-corrected chi connectivity index (χ0v) is 16.3. The van der Waals surface area contributed by atoms with Crippen LogP contribution in [-0.2, 0) is 4.79 Å². The van der Waals surface area contributed by atoms with Gasteiger partial charge in [-0.25, -0.2) is 9.97 Å². The molecule has 1 aliphatic heterocycles. The number of halogens is 3. The van der Waals surface area contributed by atoms with E-state index >= 15 is 0 Å². The molecule has 2 heterocycles. The van der Waals surface area contributed by atoms with E-state index in [4.69, 9.17) is 5.73 Å². The van der Waals surface area contributed by atoms with E-state index < -0.39 is 30.1 Å². The second-order valence-electron chi connectivity index (χ2n) is 6.96. The number of carbonyl (C=O) groups excluding carboxylic acids is 2. The SMILES string of the molecule is CN1CCC(O)(C#Cc2cccc(-c3ncc(NCC(F)(F)F)c(C(N)=O)n3)c2)C1=O. The first-order valence-corrected chi connectivity index (χ1v) is 9.07. The van der Waals surface area contributed by atoms with Crippen LogP contribution in [0.2, 0.25) is 0 Å². The van der Waals surface area contributed by atoms with Crippen molar-refractivity contribution in [1.29, 1.82) is 0 Å². The summed E-state index contributed by atoms with van der Waals surface area (Å²) in [5.74, 6) is 3.88. The Morgan fingerprint density at radius 2 is 2.16 bits per heavy atom. The number of alkyl halides is 3. The van der Waals surface area contributed by atoms with Gasteiger partial charge in [-0.05, 0) is 12.1 Å².